The SMILES string of the molecule is COc1c(C(=O)c2csc(C(C)N)n2)ccc(C)c1C. The maximum absolute atomic E-state index is 12.5. The molecule has 0 aliphatic heterocycles. The Bertz CT molecular complexity index is 647. The molecule has 1 heterocycles. The summed E-state index contributed by atoms with van der Waals surface area (Å²) in [6, 6.07) is 3.54. The first-order valence-electron chi connectivity index (χ1n) is 6.35. The maximum Gasteiger partial charge on any atom is 0.215 e. The second-order valence-corrected chi connectivity index (χ2v) is 5.67. The monoisotopic (exact) mass is 290 g/mol. The highest BCUT2D eigenvalue weighted by molar-refractivity contribution is 7.09. The van der Waals surface area contributed by atoms with E-state index in [-0.39, 0.29) is 11.8 Å². The Labute approximate surface area is 122 Å². The standard InChI is InChI=1S/C15H18N2O2S/c1-8-5-6-11(14(19-4)9(8)2)13(18)12-7-20-15(17-12)10(3)16/h5-7,10H,16H2,1-4H3. The van der Waals surface area contributed by atoms with Crippen LogP contribution in [0.2, 0.25) is 0 Å². The highest BCUT2D eigenvalue weighted by atomic mass is 32.1. The lowest BCUT2D eigenvalue weighted by molar-refractivity contribution is 0.103. The van der Waals surface area contributed by atoms with Crippen LogP contribution in [0.5, 0.6) is 5.75 Å². The number of nitrogens with zero attached hydrogens (tertiary/aromatic N) is 1. The van der Waals surface area contributed by atoms with Gasteiger partial charge in [0.1, 0.15) is 16.5 Å². The number of thiazole rings is 1. The van der Waals surface area contributed by atoms with Crippen molar-refractivity contribution in [3.05, 3.63) is 44.9 Å². The van der Waals surface area contributed by atoms with Gasteiger partial charge in [-0.05, 0) is 38.0 Å². The zero-order valence-electron chi connectivity index (χ0n) is 12.1. The molecule has 1 aromatic carbocycles. The number of ketones is 1. The van der Waals surface area contributed by atoms with Crippen molar-refractivity contribution in [3.8, 4) is 5.75 Å². The summed E-state index contributed by atoms with van der Waals surface area (Å²) in [5, 5.41) is 2.51. The molecule has 0 fully saturated rings. The Kier molecular flexibility index (Phi) is 4.20. The summed E-state index contributed by atoms with van der Waals surface area (Å²) in [6.07, 6.45) is 0. The third-order valence-corrected chi connectivity index (χ3v) is 4.32. The Morgan fingerprint density at radius 2 is 2.10 bits per heavy atom. The molecule has 4 nitrogen and oxygen atoms in total. The first-order chi connectivity index (χ1) is 9.45. The van der Waals surface area contributed by atoms with Crippen LogP contribution in [0, 0.1) is 13.8 Å². The van der Waals surface area contributed by atoms with E-state index in [2.05, 4.69) is 4.98 Å². The van der Waals surface area contributed by atoms with Crippen LogP contribution >= 0.6 is 11.3 Å². The number of methoxy groups -OCH3 is 1. The molecule has 1 aromatic heterocycles. The van der Waals surface area contributed by atoms with Crippen LogP contribution in [0.1, 0.15) is 45.2 Å². The number of carbonyl (C=O) groups is 1. The Morgan fingerprint density at radius 3 is 2.65 bits per heavy atom. The number of benzene rings is 1. The van der Waals surface area contributed by atoms with Gasteiger partial charge in [0.05, 0.1) is 18.7 Å². The molecular formula is C15H18N2O2S. The van der Waals surface area contributed by atoms with Crippen molar-refractivity contribution in [3.63, 3.8) is 0 Å². The van der Waals surface area contributed by atoms with E-state index < -0.39 is 0 Å². The minimum Gasteiger partial charge on any atom is -0.496 e. The van der Waals surface area contributed by atoms with E-state index in [4.69, 9.17) is 10.5 Å². The van der Waals surface area contributed by atoms with Gasteiger partial charge in [0, 0.05) is 5.38 Å². The molecule has 5 heteroatoms. The summed E-state index contributed by atoms with van der Waals surface area (Å²) in [4.78, 5) is 16.9. The zero-order chi connectivity index (χ0) is 14.9. The quantitative estimate of drug-likeness (QED) is 0.879. The van der Waals surface area contributed by atoms with Gasteiger partial charge >= 0.3 is 0 Å². The smallest absolute Gasteiger partial charge is 0.215 e. The molecule has 0 bridgehead atoms. The lowest BCUT2D eigenvalue weighted by Crippen LogP contribution is -2.08. The molecule has 0 amide bonds. The molecule has 1 unspecified atom stereocenters. The fourth-order valence-corrected chi connectivity index (χ4v) is 2.73. The van der Waals surface area contributed by atoms with Gasteiger partial charge in [0.15, 0.2) is 0 Å². The van der Waals surface area contributed by atoms with E-state index in [1.54, 1.807) is 18.6 Å². The summed E-state index contributed by atoms with van der Waals surface area (Å²) in [6.45, 7) is 5.78. The van der Waals surface area contributed by atoms with Crippen molar-refractivity contribution in [2.24, 2.45) is 5.73 Å². The summed E-state index contributed by atoms with van der Waals surface area (Å²) in [5.41, 5.74) is 8.80. The van der Waals surface area contributed by atoms with E-state index in [9.17, 15) is 4.79 Å². The summed E-state index contributed by atoms with van der Waals surface area (Å²) in [5.74, 6) is 0.485. The van der Waals surface area contributed by atoms with Gasteiger partial charge in [-0.15, -0.1) is 11.3 Å². The topological polar surface area (TPSA) is 65.2 Å². The number of aryl methyl sites for hydroxylation is 1. The second kappa shape index (κ2) is 5.73. The van der Waals surface area contributed by atoms with Gasteiger partial charge in [0.2, 0.25) is 5.78 Å². The van der Waals surface area contributed by atoms with Crippen LogP contribution in [-0.4, -0.2) is 17.9 Å². The number of rotatable bonds is 4. The normalized spacial score (nSPS) is 12.2. The Hall–Kier alpha value is -1.72. The van der Waals surface area contributed by atoms with Gasteiger partial charge in [-0.2, -0.15) is 0 Å². The predicted octanol–water partition coefficient (Wildman–Crippen LogP) is 3.02. The third kappa shape index (κ3) is 2.59. The molecule has 0 saturated carbocycles. The lowest BCUT2D eigenvalue weighted by Gasteiger charge is -2.11. The third-order valence-electron chi connectivity index (χ3n) is 3.27. The minimum absolute atomic E-state index is 0.131. The fourth-order valence-electron chi connectivity index (χ4n) is 1.97. The van der Waals surface area contributed by atoms with Crippen LogP contribution in [0.25, 0.3) is 0 Å². The molecule has 106 valence electrons. The van der Waals surface area contributed by atoms with Crippen molar-refractivity contribution >= 4 is 17.1 Å². The van der Waals surface area contributed by atoms with E-state index in [0.29, 0.717) is 17.0 Å². The van der Waals surface area contributed by atoms with Gasteiger partial charge in [-0.1, -0.05) is 6.07 Å². The fraction of sp³-hybridized carbons (Fsp3) is 0.333. The molecule has 1 atom stereocenters. The van der Waals surface area contributed by atoms with E-state index >= 15 is 0 Å². The predicted molar refractivity (Wildman–Crippen MR) is 80.6 cm³/mol. The number of hydrogen-bond acceptors (Lipinski definition) is 5. The van der Waals surface area contributed by atoms with Gasteiger partial charge in [-0.25, -0.2) is 4.98 Å². The van der Waals surface area contributed by atoms with E-state index in [1.165, 1.54) is 11.3 Å². The molecule has 0 radical (unpaired) electrons. The molecule has 0 aliphatic rings. The molecule has 0 saturated heterocycles. The van der Waals surface area contributed by atoms with E-state index in [0.717, 1.165) is 16.1 Å². The number of aromatic nitrogens is 1. The van der Waals surface area contributed by atoms with Crippen LogP contribution < -0.4 is 10.5 Å². The molecule has 2 rings (SSSR count). The zero-order valence-corrected chi connectivity index (χ0v) is 12.9. The molecule has 20 heavy (non-hydrogen) atoms. The first kappa shape index (κ1) is 14.7. The molecule has 2 N–H and O–H groups in total. The van der Waals surface area contributed by atoms with Gasteiger partial charge in [0.25, 0.3) is 0 Å². The molecule has 2 aromatic rings. The maximum atomic E-state index is 12.5. The average molecular weight is 290 g/mol. The van der Waals surface area contributed by atoms with Crippen molar-refractivity contribution in [2.75, 3.05) is 7.11 Å². The number of nitrogens with two attached hydrogens (primary N) is 1. The molecule has 0 aliphatic carbocycles. The summed E-state index contributed by atoms with van der Waals surface area (Å²) < 4.78 is 5.38. The van der Waals surface area contributed by atoms with Crippen LogP contribution in [0.3, 0.4) is 0 Å². The summed E-state index contributed by atoms with van der Waals surface area (Å²) >= 11 is 1.40. The number of hydrogen-bond donors (Lipinski definition) is 1. The van der Waals surface area contributed by atoms with Gasteiger partial charge in [-0.3, -0.25) is 4.79 Å². The molecule has 0 spiro atoms. The van der Waals surface area contributed by atoms with Crippen LogP contribution in [-0.2, 0) is 0 Å². The van der Waals surface area contributed by atoms with Crippen molar-refractivity contribution < 1.29 is 9.53 Å². The number of carbonyl (C=O) groups excluding carboxylic acids is 1. The molecular weight excluding hydrogens is 272 g/mol. The van der Waals surface area contributed by atoms with Crippen LogP contribution in [0.15, 0.2) is 17.5 Å². The van der Waals surface area contributed by atoms with E-state index in [1.807, 2.05) is 26.8 Å². The highest BCUT2D eigenvalue weighted by Gasteiger charge is 2.20. The Morgan fingerprint density at radius 1 is 1.40 bits per heavy atom. The largest absolute Gasteiger partial charge is 0.496 e. The van der Waals surface area contributed by atoms with Crippen molar-refractivity contribution in [1.29, 1.82) is 0 Å². The van der Waals surface area contributed by atoms with Crippen LogP contribution in [0.4, 0.5) is 0 Å². The van der Waals surface area contributed by atoms with Crippen molar-refractivity contribution in [1.82, 2.24) is 4.98 Å². The highest BCUT2D eigenvalue weighted by Crippen LogP contribution is 2.28. The average Bonchev–Trinajstić information content (AvgIpc) is 2.90. The first-order valence-corrected chi connectivity index (χ1v) is 7.23. The second-order valence-electron chi connectivity index (χ2n) is 4.78. The Balaban J connectivity index is 2.45. The van der Waals surface area contributed by atoms with Gasteiger partial charge < -0.3 is 10.5 Å². The lowest BCUT2D eigenvalue weighted by atomic mass is 10.0. The number of ether oxygens (including phenoxy) is 1. The van der Waals surface area contributed by atoms with Crippen molar-refractivity contribution in [2.45, 2.75) is 26.8 Å². The summed E-state index contributed by atoms with van der Waals surface area (Å²) in [7, 11) is 1.58. The minimum atomic E-state index is -0.164.